The highest BCUT2D eigenvalue weighted by atomic mass is 16.4. The van der Waals surface area contributed by atoms with Gasteiger partial charge in [-0.3, -0.25) is 9.88 Å². The van der Waals surface area contributed by atoms with Gasteiger partial charge >= 0.3 is 5.76 Å². The molecule has 0 amide bonds. The van der Waals surface area contributed by atoms with E-state index in [-0.39, 0.29) is 0 Å². The van der Waals surface area contributed by atoms with Gasteiger partial charge in [0.05, 0.1) is 12.1 Å². The third kappa shape index (κ3) is 2.82. The van der Waals surface area contributed by atoms with Crippen molar-refractivity contribution < 1.29 is 9.21 Å². The van der Waals surface area contributed by atoms with E-state index in [4.69, 9.17) is 4.42 Å². The second-order valence-electron chi connectivity index (χ2n) is 4.02. The predicted octanol–water partition coefficient (Wildman–Crippen LogP) is 0.794. The summed E-state index contributed by atoms with van der Waals surface area (Å²) in [5.74, 6) is -0.435. The van der Waals surface area contributed by atoms with Crippen LogP contribution in [0, 0.1) is 0 Å². The number of carbonyl (C=O) groups excluding carboxylic acids is 1. The highest BCUT2D eigenvalue weighted by Crippen LogP contribution is 2.12. The monoisotopic (exact) mass is 234 g/mol. The Balaban J connectivity index is 2.08. The maximum Gasteiger partial charge on any atom is 0.417 e. The minimum Gasteiger partial charge on any atom is -0.408 e. The Labute approximate surface area is 98.0 Å². The quantitative estimate of drug-likeness (QED) is 0.777. The van der Waals surface area contributed by atoms with Gasteiger partial charge in [0.25, 0.3) is 0 Å². The lowest BCUT2D eigenvalue weighted by atomic mass is 10.1. The standard InChI is InChI=1S/C12H14N2O3/c1-14(6-7-15)5-4-9-2-3-11-10(8-9)13-12(16)17-11/h2-3,7-8H,4-6H2,1H3,(H,13,16). The topological polar surface area (TPSA) is 66.3 Å². The van der Waals surface area contributed by atoms with E-state index in [9.17, 15) is 9.59 Å². The molecular weight excluding hydrogens is 220 g/mol. The van der Waals surface area contributed by atoms with E-state index in [1.807, 2.05) is 24.1 Å². The minimum absolute atomic E-state index is 0.435. The molecule has 2 aromatic rings. The Morgan fingerprint density at radius 2 is 2.29 bits per heavy atom. The van der Waals surface area contributed by atoms with E-state index in [2.05, 4.69) is 4.98 Å². The Morgan fingerprint density at radius 1 is 1.47 bits per heavy atom. The van der Waals surface area contributed by atoms with Crippen LogP contribution in [-0.2, 0) is 11.2 Å². The SMILES string of the molecule is CN(CC=O)CCc1ccc2oc(=O)[nH]c2c1. The smallest absolute Gasteiger partial charge is 0.408 e. The van der Waals surface area contributed by atoms with Gasteiger partial charge in [-0.1, -0.05) is 6.07 Å². The fraction of sp³-hybridized carbons (Fsp3) is 0.333. The molecule has 0 aliphatic carbocycles. The number of H-pyrrole nitrogens is 1. The first-order valence-corrected chi connectivity index (χ1v) is 5.43. The van der Waals surface area contributed by atoms with Gasteiger partial charge in [-0.25, -0.2) is 4.79 Å². The van der Waals surface area contributed by atoms with Crippen LogP contribution in [0.15, 0.2) is 27.4 Å². The molecule has 1 aromatic carbocycles. The lowest BCUT2D eigenvalue weighted by Gasteiger charge is -2.12. The molecule has 1 N–H and O–H groups in total. The second-order valence-corrected chi connectivity index (χ2v) is 4.02. The van der Waals surface area contributed by atoms with Crippen molar-refractivity contribution >= 4 is 17.4 Å². The van der Waals surface area contributed by atoms with Crippen LogP contribution in [0.1, 0.15) is 5.56 Å². The number of rotatable bonds is 5. The van der Waals surface area contributed by atoms with Crippen LogP contribution >= 0.6 is 0 Å². The van der Waals surface area contributed by atoms with Crippen molar-refractivity contribution in [3.05, 3.63) is 34.3 Å². The largest absolute Gasteiger partial charge is 0.417 e. The van der Waals surface area contributed by atoms with E-state index < -0.39 is 5.76 Å². The minimum atomic E-state index is -0.435. The third-order valence-electron chi connectivity index (χ3n) is 2.65. The normalized spacial score (nSPS) is 11.2. The molecule has 0 fully saturated rings. The van der Waals surface area contributed by atoms with Gasteiger partial charge in [-0.05, 0) is 31.2 Å². The molecule has 0 saturated carbocycles. The molecule has 0 atom stereocenters. The van der Waals surface area contributed by atoms with E-state index >= 15 is 0 Å². The summed E-state index contributed by atoms with van der Waals surface area (Å²) in [7, 11) is 1.90. The number of aldehydes is 1. The number of hydrogen-bond acceptors (Lipinski definition) is 4. The number of aromatic nitrogens is 1. The molecule has 0 aliphatic rings. The molecule has 0 unspecified atom stereocenters. The maximum absolute atomic E-state index is 11.0. The van der Waals surface area contributed by atoms with Gasteiger partial charge in [-0.15, -0.1) is 0 Å². The van der Waals surface area contributed by atoms with Crippen molar-refractivity contribution in [2.75, 3.05) is 20.1 Å². The average molecular weight is 234 g/mol. The summed E-state index contributed by atoms with van der Waals surface area (Å²) in [5.41, 5.74) is 2.39. The van der Waals surface area contributed by atoms with Gasteiger partial charge in [0.1, 0.15) is 6.29 Å². The molecule has 2 rings (SSSR count). The zero-order valence-corrected chi connectivity index (χ0v) is 9.60. The summed E-state index contributed by atoms with van der Waals surface area (Å²) in [6.45, 7) is 1.23. The molecule has 0 radical (unpaired) electrons. The number of likely N-dealkylation sites (N-methyl/N-ethyl adjacent to an activating group) is 1. The van der Waals surface area contributed by atoms with Crippen LogP contribution in [0.5, 0.6) is 0 Å². The van der Waals surface area contributed by atoms with Crippen LogP contribution < -0.4 is 5.76 Å². The summed E-state index contributed by atoms with van der Waals surface area (Å²) in [6, 6.07) is 5.60. The van der Waals surface area contributed by atoms with E-state index in [0.29, 0.717) is 17.6 Å². The van der Waals surface area contributed by atoms with Crippen LogP contribution in [0.25, 0.3) is 11.1 Å². The summed E-state index contributed by atoms with van der Waals surface area (Å²) >= 11 is 0. The van der Waals surface area contributed by atoms with Crippen molar-refractivity contribution in [1.29, 1.82) is 0 Å². The first kappa shape index (κ1) is 11.6. The molecule has 1 heterocycles. The van der Waals surface area contributed by atoms with Crippen molar-refractivity contribution in [2.45, 2.75) is 6.42 Å². The molecule has 5 nitrogen and oxygen atoms in total. The molecule has 0 saturated heterocycles. The summed E-state index contributed by atoms with van der Waals surface area (Å²) in [5, 5.41) is 0. The lowest BCUT2D eigenvalue weighted by Crippen LogP contribution is -2.23. The van der Waals surface area contributed by atoms with Crippen LogP contribution in [0.2, 0.25) is 0 Å². The van der Waals surface area contributed by atoms with Crippen LogP contribution in [0.4, 0.5) is 0 Å². The Kier molecular flexibility index (Phi) is 3.39. The fourth-order valence-corrected chi connectivity index (χ4v) is 1.69. The lowest BCUT2D eigenvalue weighted by molar-refractivity contribution is -0.108. The van der Waals surface area contributed by atoms with E-state index in [1.54, 1.807) is 6.07 Å². The van der Waals surface area contributed by atoms with Gasteiger partial charge in [-0.2, -0.15) is 0 Å². The van der Waals surface area contributed by atoms with Crippen molar-refractivity contribution in [3.8, 4) is 0 Å². The third-order valence-corrected chi connectivity index (χ3v) is 2.65. The molecule has 0 spiro atoms. The van der Waals surface area contributed by atoms with Crippen molar-refractivity contribution in [2.24, 2.45) is 0 Å². The van der Waals surface area contributed by atoms with E-state index in [1.165, 1.54) is 0 Å². The molecular formula is C12H14N2O3. The Bertz CT molecular complexity index is 570. The molecule has 90 valence electrons. The molecule has 1 aromatic heterocycles. The Morgan fingerprint density at radius 3 is 3.06 bits per heavy atom. The zero-order valence-electron chi connectivity index (χ0n) is 9.60. The maximum atomic E-state index is 11.0. The second kappa shape index (κ2) is 4.97. The number of nitrogens with one attached hydrogen (secondary N) is 1. The molecule has 0 bridgehead atoms. The van der Waals surface area contributed by atoms with Crippen molar-refractivity contribution in [1.82, 2.24) is 9.88 Å². The number of fused-ring (bicyclic) bond motifs is 1. The first-order valence-electron chi connectivity index (χ1n) is 5.43. The number of carbonyl (C=O) groups is 1. The number of oxazole rings is 1. The van der Waals surface area contributed by atoms with Gasteiger partial charge in [0.2, 0.25) is 0 Å². The van der Waals surface area contributed by atoms with Crippen LogP contribution in [0.3, 0.4) is 0 Å². The highest BCUT2D eigenvalue weighted by Gasteiger charge is 2.03. The van der Waals surface area contributed by atoms with Gasteiger partial charge in [0, 0.05) is 6.54 Å². The van der Waals surface area contributed by atoms with Gasteiger partial charge in [0.15, 0.2) is 5.58 Å². The summed E-state index contributed by atoms with van der Waals surface area (Å²) < 4.78 is 4.92. The van der Waals surface area contributed by atoms with Crippen molar-refractivity contribution in [3.63, 3.8) is 0 Å². The van der Waals surface area contributed by atoms with E-state index in [0.717, 1.165) is 24.8 Å². The van der Waals surface area contributed by atoms with Crippen LogP contribution in [-0.4, -0.2) is 36.3 Å². The fourth-order valence-electron chi connectivity index (χ4n) is 1.69. The summed E-state index contributed by atoms with van der Waals surface area (Å²) in [4.78, 5) is 25.9. The van der Waals surface area contributed by atoms with Gasteiger partial charge < -0.3 is 9.21 Å². The predicted molar refractivity (Wildman–Crippen MR) is 64.1 cm³/mol. The molecule has 5 heteroatoms. The number of benzene rings is 1. The number of nitrogens with zero attached hydrogens (tertiary/aromatic N) is 1. The first-order chi connectivity index (χ1) is 8.19. The Hall–Kier alpha value is -1.88. The molecule has 0 aliphatic heterocycles. The average Bonchev–Trinajstić information content (AvgIpc) is 2.66. The molecule has 17 heavy (non-hydrogen) atoms. The highest BCUT2D eigenvalue weighted by molar-refractivity contribution is 5.72. The number of aromatic amines is 1. The zero-order chi connectivity index (χ0) is 12.3. The summed E-state index contributed by atoms with van der Waals surface area (Å²) in [6.07, 6.45) is 1.71. The number of hydrogen-bond donors (Lipinski definition) is 1.